The second kappa shape index (κ2) is 7.61. The van der Waals surface area contributed by atoms with Gasteiger partial charge in [0, 0.05) is 29.3 Å². The summed E-state index contributed by atoms with van der Waals surface area (Å²) in [6, 6.07) is 15.5. The third-order valence-corrected chi connectivity index (χ3v) is 4.64. The highest BCUT2D eigenvalue weighted by atomic mass is 32.1. The van der Waals surface area contributed by atoms with E-state index in [0.717, 1.165) is 16.8 Å². The van der Waals surface area contributed by atoms with Crippen LogP contribution in [0.1, 0.15) is 5.56 Å². The average Bonchev–Trinajstić information content (AvgIpc) is 3.34. The summed E-state index contributed by atoms with van der Waals surface area (Å²) in [5.41, 5.74) is 3.73. The molecule has 4 aromatic rings. The lowest BCUT2D eigenvalue weighted by Crippen LogP contribution is -2.19. The zero-order valence-electron chi connectivity index (χ0n) is 15.2. The minimum Gasteiger partial charge on any atom is -0.325 e. The number of aromatic nitrogens is 5. The Morgan fingerprint density at radius 2 is 1.89 bits per heavy atom. The summed E-state index contributed by atoms with van der Waals surface area (Å²) in [6.45, 7) is 2.09. The van der Waals surface area contributed by atoms with Gasteiger partial charge in [0.05, 0.1) is 6.33 Å². The van der Waals surface area contributed by atoms with E-state index in [1.807, 2.05) is 66.2 Å². The summed E-state index contributed by atoms with van der Waals surface area (Å²) in [7, 11) is 0. The molecule has 2 heterocycles. The standard InChI is InChI=1S/C20H18N6OS/c1-14-2-4-15(5-3-14)19-23-24-20(28)26(19)12-18(27)22-16-6-8-17(9-7-16)25-11-10-21-13-25/h2-11,13H,12H2,1H3,(H,22,27)(H,24,28). The number of aromatic amines is 1. The van der Waals surface area contributed by atoms with Crippen LogP contribution < -0.4 is 5.32 Å². The Labute approximate surface area is 166 Å². The number of carbonyl (C=O) groups excluding carboxylic acids is 1. The van der Waals surface area contributed by atoms with Crippen molar-refractivity contribution in [2.75, 3.05) is 5.32 Å². The van der Waals surface area contributed by atoms with E-state index in [1.165, 1.54) is 0 Å². The number of rotatable bonds is 5. The molecular weight excluding hydrogens is 372 g/mol. The quantitative estimate of drug-likeness (QED) is 0.509. The molecule has 7 nitrogen and oxygen atoms in total. The summed E-state index contributed by atoms with van der Waals surface area (Å²) in [4.78, 5) is 16.6. The minimum atomic E-state index is -0.179. The maximum atomic E-state index is 12.5. The largest absolute Gasteiger partial charge is 0.325 e. The van der Waals surface area contributed by atoms with E-state index < -0.39 is 0 Å². The van der Waals surface area contributed by atoms with Crippen molar-refractivity contribution in [1.29, 1.82) is 0 Å². The molecule has 0 radical (unpaired) electrons. The van der Waals surface area contributed by atoms with Crippen molar-refractivity contribution in [1.82, 2.24) is 24.3 Å². The molecule has 140 valence electrons. The van der Waals surface area contributed by atoms with Gasteiger partial charge in [-0.25, -0.2) is 4.98 Å². The van der Waals surface area contributed by atoms with Crippen molar-refractivity contribution >= 4 is 23.8 Å². The second-order valence-electron chi connectivity index (χ2n) is 6.37. The molecule has 0 unspecified atom stereocenters. The van der Waals surface area contributed by atoms with Gasteiger partial charge in [-0.05, 0) is 43.4 Å². The number of benzene rings is 2. The zero-order chi connectivity index (χ0) is 19.5. The average molecular weight is 390 g/mol. The number of amides is 1. The predicted octanol–water partition coefficient (Wildman–Crippen LogP) is 3.74. The first-order chi connectivity index (χ1) is 13.6. The third kappa shape index (κ3) is 3.77. The first-order valence-corrected chi connectivity index (χ1v) is 9.11. The molecule has 1 amide bonds. The van der Waals surface area contributed by atoms with Gasteiger partial charge in [0.1, 0.15) is 6.54 Å². The number of aryl methyl sites for hydroxylation is 1. The van der Waals surface area contributed by atoms with Gasteiger partial charge in [-0.15, -0.1) is 0 Å². The fraction of sp³-hybridized carbons (Fsp3) is 0.100. The lowest BCUT2D eigenvalue weighted by atomic mass is 10.1. The zero-order valence-corrected chi connectivity index (χ0v) is 16.0. The van der Waals surface area contributed by atoms with Crippen molar-refractivity contribution in [3.8, 4) is 17.1 Å². The van der Waals surface area contributed by atoms with Crippen LogP contribution in [0.3, 0.4) is 0 Å². The second-order valence-corrected chi connectivity index (χ2v) is 6.76. The number of anilines is 1. The Hall–Kier alpha value is -3.52. The Balaban J connectivity index is 1.49. The van der Waals surface area contributed by atoms with Crippen molar-refractivity contribution in [2.45, 2.75) is 13.5 Å². The van der Waals surface area contributed by atoms with Gasteiger partial charge in [0.15, 0.2) is 10.6 Å². The third-order valence-electron chi connectivity index (χ3n) is 4.32. The van der Waals surface area contributed by atoms with Crippen LogP contribution in [0.25, 0.3) is 17.1 Å². The molecule has 0 aliphatic carbocycles. The molecule has 2 N–H and O–H groups in total. The van der Waals surface area contributed by atoms with E-state index in [1.54, 1.807) is 17.1 Å². The highest BCUT2D eigenvalue weighted by Gasteiger charge is 2.12. The van der Waals surface area contributed by atoms with Crippen LogP contribution in [-0.2, 0) is 11.3 Å². The Bertz CT molecular complexity index is 1140. The Kier molecular flexibility index (Phi) is 4.86. The molecule has 0 fully saturated rings. The molecule has 0 atom stereocenters. The van der Waals surface area contributed by atoms with Crippen LogP contribution in [0.4, 0.5) is 5.69 Å². The summed E-state index contributed by atoms with van der Waals surface area (Å²) in [5, 5.41) is 9.94. The van der Waals surface area contributed by atoms with Gasteiger partial charge in [0.2, 0.25) is 5.91 Å². The van der Waals surface area contributed by atoms with Gasteiger partial charge in [-0.3, -0.25) is 14.5 Å². The summed E-state index contributed by atoms with van der Waals surface area (Å²) in [5.74, 6) is 0.455. The van der Waals surface area contributed by atoms with E-state index in [-0.39, 0.29) is 12.5 Å². The number of hydrogen-bond acceptors (Lipinski definition) is 4. The van der Waals surface area contributed by atoms with Crippen LogP contribution in [0, 0.1) is 11.7 Å². The Morgan fingerprint density at radius 1 is 1.14 bits per heavy atom. The fourth-order valence-corrected chi connectivity index (χ4v) is 3.06. The number of imidazole rings is 1. The van der Waals surface area contributed by atoms with Gasteiger partial charge in [0.25, 0.3) is 0 Å². The lowest BCUT2D eigenvalue weighted by molar-refractivity contribution is -0.116. The number of nitrogens with one attached hydrogen (secondary N) is 2. The first-order valence-electron chi connectivity index (χ1n) is 8.70. The topological polar surface area (TPSA) is 80.5 Å². The summed E-state index contributed by atoms with van der Waals surface area (Å²) < 4.78 is 3.99. The minimum absolute atomic E-state index is 0.0712. The molecule has 0 bridgehead atoms. The number of H-pyrrole nitrogens is 1. The monoisotopic (exact) mass is 390 g/mol. The highest BCUT2D eigenvalue weighted by molar-refractivity contribution is 7.71. The van der Waals surface area contributed by atoms with Crippen molar-refractivity contribution in [3.63, 3.8) is 0 Å². The van der Waals surface area contributed by atoms with Crippen LogP contribution in [-0.4, -0.2) is 30.2 Å². The van der Waals surface area contributed by atoms with Crippen molar-refractivity contribution in [3.05, 3.63) is 77.6 Å². The molecule has 2 aromatic carbocycles. The van der Waals surface area contributed by atoms with Crippen molar-refractivity contribution < 1.29 is 4.79 Å². The molecular formula is C20H18N6OS. The molecule has 0 saturated heterocycles. The first kappa shape index (κ1) is 17.9. The molecule has 2 aromatic heterocycles. The van der Waals surface area contributed by atoms with Crippen LogP contribution >= 0.6 is 12.2 Å². The van der Waals surface area contributed by atoms with E-state index in [2.05, 4.69) is 20.5 Å². The van der Waals surface area contributed by atoms with Crippen LogP contribution in [0.5, 0.6) is 0 Å². The van der Waals surface area contributed by atoms with Crippen LogP contribution in [0.2, 0.25) is 0 Å². The highest BCUT2D eigenvalue weighted by Crippen LogP contribution is 2.18. The van der Waals surface area contributed by atoms with Gasteiger partial charge >= 0.3 is 0 Å². The van der Waals surface area contributed by atoms with Gasteiger partial charge < -0.3 is 9.88 Å². The number of hydrogen-bond donors (Lipinski definition) is 2. The summed E-state index contributed by atoms with van der Waals surface area (Å²) >= 11 is 5.30. The number of carbonyl (C=O) groups is 1. The molecule has 28 heavy (non-hydrogen) atoms. The lowest BCUT2D eigenvalue weighted by Gasteiger charge is -2.09. The molecule has 4 rings (SSSR count). The molecule has 8 heteroatoms. The van der Waals surface area contributed by atoms with Gasteiger partial charge in [-0.2, -0.15) is 5.10 Å². The maximum Gasteiger partial charge on any atom is 0.244 e. The fourth-order valence-electron chi connectivity index (χ4n) is 2.86. The molecule has 0 aliphatic heterocycles. The predicted molar refractivity (Wildman–Crippen MR) is 110 cm³/mol. The van der Waals surface area contributed by atoms with E-state index in [4.69, 9.17) is 12.2 Å². The molecule has 0 saturated carbocycles. The van der Waals surface area contributed by atoms with E-state index >= 15 is 0 Å². The maximum absolute atomic E-state index is 12.5. The summed E-state index contributed by atoms with van der Waals surface area (Å²) in [6.07, 6.45) is 5.30. The molecule has 0 aliphatic rings. The van der Waals surface area contributed by atoms with Gasteiger partial charge in [-0.1, -0.05) is 29.8 Å². The van der Waals surface area contributed by atoms with E-state index in [0.29, 0.717) is 16.3 Å². The SMILES string of the molecule is Cc1ccc(-c2n[nH]c(=S)n2CC(=O)Nc2ccc(-n3ccnc3)cc2)cc1. The van der Waals surface area contributed by atoms with Crippen LogP contribution in [0.15, 0.2) is 67.3 Å². The normalized spacial score (nSPS) is 10.8. The smallest absolute Gasteiger partial charge is 0.244 e. The number of nitrogens with zero attached hydrogens (tertiary/aromatic N) is 4. The molecule has 0 spiro atoms. The van der Waals surface area contributed by atoms with Crippen molar-refractivity contribution in [2.24, 2.45) is 0 Å². The Morgan fingerprint density at radius 3 is 2.57 bits per heavy atom. The van der Waals surface area contributed by atoms with E-state index in [9.17, 15) is 4.79 Å².